The van der Waals surface area contributed by atoms with Gasteiger partial charge in [-0.3, -0.25) is 18.6 Å². The molecule has 0 radical (unpaired) electrons. The Morgan fingerprint density at radius 1 is 0.337 bits per heavy atom. The minimum atomic E-state index is -4.40. The van der Waals surface area contributed by atoms with Crippen LogP contribution in [0.25, 0.3) is 0 Å². The fraction of sp³-hybridized carbons (Fsp3) is 0.671. The highest BCUT2D eigenvalue weighted by Gasteiger charge is 2.26. The van der Waals surface area contributed by atoms with Gasteiger partial charge in [-0.25, -0.2) is 4.57 Å². The molecule has 10 heteroatoms. The van der Waals surface area contributed by atoms with Crippen molar-refractivity contribution in [2.45, 2.75) is 315 Å². The summed E-state index contributed by atoms with van der Waals surface area (Å²) in [7, 11) is -4.40. The Hall–Kier alpha value is -4.11. The lowest BCUT2D eigenvalue weighted by Gasteiger charge is -2.19. The summed E-state index contributed by atoms with van der Waals surface area (Å²) in [6, 6.07) is 0. The number of carbonyl (C=O) groups is 2. The zero-order valence-electron chi connectivity index (χ0n) is 57.1. The van der Waals surface area contributed by atoms with Gasteiger partial charge in [0.15, 0.2) is 6.10 Å². The van der Waals surface area contributed by atoms with E-state index in [4.69, 9.17) is 24.3 Å². The number of phosphoric acid groups is 1. The number of rotatable bonds is 67. The van der Waals surface area contributed by atoms with Gasteiger partial charge in [-0.15, -0.1) is 0 Å². The molecule has 9 nitrogen and oxygen atoms in total. The lowest BCUT2D eigenvalue weighted by atomic mass is 10.0. The summed E-state index contributed by atoms with van der Waals surface area (Å²) in [4.78, 5) is 35.4. The molecule has 2 unspecified atom stereocenters. The van der Waals surface area contributed by atoms with Crippen molar-refractivity contribution in [2.24, 2.45) is 5.73 Å². The molecule has 0 aromatic carbocycles. The first-order chi connectivity index (χ1) is 43.8. The standard InChI is InChI=1S/C79H134NO8P/c1-3-5-7-9-11-13-15-17-19-21-23-25-27-29-31-33-34-35-36-37-38-39-40-41-42-44-46-48-50-52-54-56-58-60-62-64-66-68-70-72-79(82)88-77(76-87-89(83,84)86-74-73-80)75-85-78(81)71-69-67-65-63-61-59-57-55-53-51-49-47-45-43-32-30-28-26-24-22-20-18-16-14-12-10-8-6-4-2/h5-8,11-14,17-20,23-26,29-32,34-35,45,47,77H,3-4,9-10,15-16,21-22,27-28,33,36-44,46,48-76,80H2,1-2H3,(H,83,84)/b7-5-,8-6-,13-11-,14-12-,19-17-,20-18-,25-23-,26-24-,31-29-,32-30-,35-34-,47-45-. The van der Waals surface area contributed by atoms with Gasteiger partial charge >= 0.3 is 19.8 Å². The molecule has 0 fully saturated rings. The lowest BCUT2D eigenvalue weighted by Crippen LogP contribution is -2.29. The molecule has 0 aromatic rings. The monoisotopic (exact) mass is 1260 g/mol. The number of unbranched alkanes of at least 4 members (excludes halogenated alkanes) is 30. The van der Waals surface area contributed by atoms with Crippen LogP contribution in [-0.2, 0) is 32.7 Å². The van der Waals surface area contributed by atoms with Gasteiger partial charge < -0.3 is 20.1 Å². The van der Waals surface area contributed by atoms with E-state index < -0.39 is 26.5 Å². The molecule has 3 N–H and O–H groups in total. The molecular formula is C79H134NO8P. The predicted molar refractivity (Wildman–Crippen MR) is 385 cm³/mol. The van der Waals surface area contributed by atoms with Crippen LogP contribution in [0.15, 0.2) is 146 Å². The van der Waals surface area contributed by atoms with Gasteiger partial charge in [-0.2, -0.15) is 0 Å². The Labute approximate surface area is 547 Å². The van der Waals surface area contributed by atoms with Crippen LogP contribution in [-0.4, -0.2) is 49.3 Å². The molecule has 0 saturated heterocycles. The van der Waals surface area contributed by atoms with Crippen molar-refractivity contribution >= 4 is 19.8 Å². The molecule has 0 aliphatic rings. The Balaban J connectivity index is 3.87. The SMILES string of the molecule is CC/C=C\C/C=C\C/C=C\C/C=C\C/C=C\C/C=C\CCCCCCCCCCCCCCCCCCCCCCC(=O)OC(COC(=O)CCCCCCCCCCCC/C=C\C/C=C\C/C=C\C/C=C\C/C=C\C/C=C\CC)COP(=O)(O)OCCN. The molecule has 0 aromatic heterocycles. The van der Waals surface area contributed by atoms with Crippen molar-refractivity contribution in [1.82, 2.24) is 0 Å². The number of hydrogen-bond acceptors (Lipinski definition) is 8. The van der Waals surface area contributed by atoms with Crippen molar-refractivity contribution < 1.29 is 37.6 Å². The molecule has 89 heavy (non-hydrogen) atoms. The summed E-state index contributed by atoms with van der Waals surface area (Å²) in [5, 5.41) is 0. The number of nitrogens with two attached hydrogens (primary N) is 1. The van der Waals surface area contributed by atoms with Crippen LogP contribution < -0.4 is 5.73 Å². The Morgan fingerprint density at radius 3 is 0.865 bits per heavy atom. The van der Waals surface area contributed by atoms with E-state index in [1.165, 1.54) is 148 Å². The molecule has 508 valence electrons. The number of phosphoric ester groups is 1. The van der Waals surface area contributed by atoms with E-state index in [9.17, 15) is 19.0 Å². The first kappa shape index (κ1) is 84.9. The van der Waals surface area contributed by atoms with Crippen molar-refractivity contribution in [1.29, 1.82) is 0 Å². The third kappa shape index (κ3) is 72.8. The van der Waals surface area contributed by atoms with Gasteiger partial charge in [-0.05, 0) is 116 Å². The summed E-state index contributed by atoms with van der Waals surface area (Å²) >= 11 is 0. The zero-order chi connectivity index (χ0) is 64.4. The molecular weight excluding hydrogens is 1120 g/mol. The maximum Gasteiger partial charge on any atom is 0.472 e. The maximum absolute atomic E-state index is 12.8. The molecule has 0 amide bonds. The van der Waals surface area contributed by atoms with Gasteiger partial charge in [0.2, 0.25) is 0 Å². The van der Waals surface area contributed by atoms with Crippen molar-refractivity contribution in [3.8, 4) is 0 Å². The van der Waals surface area contributed by atoms with E-state index in [0.717, 1.165) is 128 Å². The molecule has 0 spiro atoms. The van der Waals surface area contributed by atoms with Gasteiger partial charge in [-0.1, -0.05) is 327 Å². The molecule has 0 saturated carbocycles. The summed E-state index contributed by atoms with van der Waals surface area (Å²) in [5.41, 5.74) is 5.41. The Morgan fingerprint density at radius 2 is 0.584 bits per heavy atom. The van der Waals surface area contributed by atoms with Gasteiger partial charge in [0.1, 0.15) is 6.61 Å². The van der Waals surface area contributed by atoms with E-state index >= 15 is 0 Å². The zero-order valence-corrected chi connectivity index (χ0v) is 58.0. The minimum absolute atomic E-state index is 0.0482. The fourth-order valence-corrected chi connectivity index (χ4v) is 10.7. The Kier molecular flexibility index (Phi) is 69.6. The van der Waals surface area contributed by atoms with E-state index in [0.29, 0.717) is 6.42 Å². The van der Waals surface area contributed by atoms with E-state index in [1.807, 2.05) is 0 Å². The summed E-state index contributed by atoms with van der Waals surface area (Å²) in [5.74, 6) is -0.829. The second-order valence-corrected chi connectivity index (χ2v) is 25.1. The highest BCUT2D eigenvalue weighted by molar-refractivity contribution is 7.47. The molecule has 0 heterocycles. The molecule has 0 aliphatic heterocycles. The number of carbonyl (C=O) groups excluding carboxylic acids is 2. The van der Waals surface area contributed by atoms with Crippen LogP contribution in [0.2, 0.25) is 0 Å². The maximum atomic E-state index is 12.8. The van der Waals surface area contributed by atoms with Crippen LogP contribution in [0.5, 0.6) is 0 Å². The number of ether oxygens (including phenoxy) is 2. The normalized spacial score (nSPS) is 13.8. The summed E-state index contributed by atoms with van der Waals surface area (Å²) in [6.45, 7) is 3.53. The highest BCUT2D eigenvalue weighted by Crippen LogP contribution is 2.43. The quantitative estimate of drug-likeness (QED) is 0.0264. The molecule has 0 rings (SSSR count). The van der Waals surface area contributed by atoms with Crippen molar-refractivity contribution in [2.75, 3.05) is 26.4 Å². The summed E-state index contributed by atoms with van der Waals surface area (Å²) in [6.07, 6.45) is 105. The van der Waals surface area contributed by atoms with Crippen LogP contribution in [0, 0.1) is 0 Å². The van der Waals surface area contributed by atoms with Gasteiger partial charge in [0.25, 0.3) is 0 Å². The van der Waals surface area contributed by atoms with Crippen molar-refractivity contribution in [3.05, 3.63) is 146 Å². The second kappa shape index (κ2) is 72.9. The average molecular weight is 1260 g/mol. The van der Waals surface area contributed by atoms with Gasteiger partial charge in [0.05, 0.1) is 13.2 Å². The highest BCUT2D eigenvalue weighted by atomic mass is 31.2. The summed E-state index contributed by atoms with van der Waals surface area (Å²) < 4.78 is 33.2. The fourth-order valence-electron chi connectivity index (χ4n) is 9.94. The second-order valence-electron chi connectivity index (χ2n) is 23.7. The topological polar surface area (TPSA) is 134 Å². The third-order valence-corrected chi connectivity index (χ3v) is 16.2. The van der Waals surface area contributed by atoms with Crippen LogP contribution in [0.4, 0.5) is 0 Å². The van der Waals surface area contributed by atoms with E-state index in [2.05, 4.69) is 160 Å². The largest absolute Gasteiger partial charge is 0.472 e. The number of allylic oxidation sites excluding steroid dienone is 24. The predicted octanol–water partition coefficient (Wildman–Crippen LogP) is 24.2. The van der Waals surface area contributed by atoms with Crippen LogP contribution in [0.1, 0.15) is 309 Å². The number of hydrogen-bond donors (Lipinski definition) is 2. The average Bonchev–Trinajstić information content (AvgIpc) is 3.68. The molecule has 2 atom stereocenters. The van der Waals surface area contributed by atoms with Crippen molar-refractivity contribution in [3.63, 3.8) is 0 Å². The van der Waals surface area contributed by atoms with Crippen LogP contribution in [0.3, 0.4) is 0 Å². The smallest absolute Gasteiger partial charge is 0.462 e. The van der Waals surface area contributed by atoms with Gasteiger partial charge in [0, 0.05) is 19.4 Å². The van der Waals surface area contributed by atoms with E-state index in [-0.39, 0.29) is 38.6 Å². The van der Waals surface area contributed by atoms with E-state index in [1.54, 1.807) is 0 Å². The van der Waals surface area contributed by atoms with Crippen LogP contribution >= 0.6 is 7.82 Å². The molecule has 0 aliphatic carbocycles. The third-order valence-electron chi connectivity index (χ3n) is 15.2. The molecule has 0 bridgehead atoms. The first-order valence-corrected chi connectivity index (χ1v) is 37.8. The number of esters is 2. The first-order valence-electron chi connectivity index (χ1n) is 36.3. The lowest BCUT2D eigenvalue weighted by molar-refractivity contribution is -0.161. The Bertz CT molecular complexity index is 1970. The minimum Gasteiger partial charge on any atom is -0.462 e.